The van der Waals surface area contributed by atoms with Gasteiger partial charge in [-0.3, -0.25) is 0 Å². The van der Waals surface area contributed by atoms with Crippen molar-refractivity contribution in [3.8, 4) is 6.19 Å². The smallest absolute Gasteiger partial charge is 0.179 e. The van der Waals surface area contributed by atoms with Gasteiger partial charge < -0.3 is 4.90 Å². The standard InChI is InChI=1S/C9H14N2/c10-7-11-6-5-8-3-1-2-4-9(8)11/h8-9H,1-6H2/t8-,9-/m0/s1. The predicted molar refractivity (Wildman–Crippen MR) is 42.7 cm³/mol. The molecule has 11 heavy (non-hydrogen) atoms. The SMILES string of the molecule is N#CN1CC[C@@H]2CCCC[C@@H]21. The van der Waals surface area contributed by atoms with Gasteiger partial charge in [0.15, 0.2) is 6.19 Å². The van der Waals surface area contributed by atoms with Crippen molar-refractivity contribution < 1.29 is 0 Å². The zero-order valence-electron chi connectivity index (χ0n) is 6.79. The van der Waals surface area contributed by atoms with Crippen LogP contribution in [0.3, 0.4) is 0 Å². The molecular formula is C9H14N2. The predicted octanol–water partition coefficient (Wildman–Crippen LogP) is 1.73. The second kappa shape index (κ2) is 2.73. The zero-order chi connectivity index (χ0) is 7.68. The number of nitrogens with zero attached hydrogens (tertiary/aromatic N) is 2. The van der Waals surface area contributed by atoms with Crippen LogP contribution < -0.4 is 0 Å². The van der Waals surface area contributed by atoms with Crippen LogP contribution in [0, 0.1) is 17.4 Å². The molecule has 0 aromatic heterocycles. The first kappa shape index (κ1) is 6.97. The summed E-state index contributed by atoms with van der Waals surface area (Å²) in [5.74, 6) is 0.850. The van der Waals surface area contributed by atoms with Crippen molar-refractivity contribution in [1.82, 2.24) is 4.90 Å². The van der Waals surface area contributed by atoms with Gasteiger partial charge in [0, 0.05) is 12.6 Å². The van der Waals surface area contributed by atoms with Gasteiger partial charge in [-0.25, -0.2) is 0 Å². The summed E-state index contributed by atoms with van der Waals surface area (Å²) >= 11 is 0. The quantitative estimate of drug-likeness (QED) is 0.492. The fourth-order valence-corrected chi connectivity index (χ4v) is 2.53. The molecule has 0 unspecified atom stereocenters. The topological polar surface area (TPSA) is 27.0 Å². The summed E-state index contributed by atoms with van der Waals surface area (Å²) in [6.07, 6.45) is 8.91. The van der Waals surface area contributed by atoms with E-state index in [-0.39, 0.29) is 0 Å². The van der Waals surface area contributed by atoms with Crippen molar-refractivity contribution in [2.45, 2.75) is 38.1 Å². The van der Waals surface area contributed by atoms with Crippen LogP contribution in [0.15, 0.2) is 0 Å². The highest BCUT2D eigenvalue weighted by molar-refractivity contribution is 4.95. The van der Waals surface area contributed by atoms with Crippen molar-refractivity contribution in [3.63, 3.8) is 0 Å². The first-order valence-corrected chi connectivity index (χ1v) is 4.58. The van der Waals surface area contributed by atoms with Gasteiger partial charge in [-0.15, -0.1) is 0 Å². The van der Waals surface area contributed by atoms with Gasteiger partial charge >= 0.3 is 0 Å². The highest BCUT2D eigenvalue weighted by Gasteiger charge is 2.34. The van der Waals surface area contributed by atoms with Crippen LogP contribution in [-0.2, 0) is 0 Å². The molecule has 0 bridgehead atoms. The average Bonchev–Trinajstić information content (AvgIpc) is 2.47. The summed E-state index contributed by atoms with van der Waals surface area (Å²) in [4.78, 5) is 1.99. The number of hydrogen-bond acceptors (Lipinski definition) is 2. The maximum atomic E-state index is 8.78. The number of nitriles is 1. The number of likely N-dealkylation sites (tertiary alicyclic amines) is 1. The lowest BCUT2D eigenvalue weighted by Gasteiger charge is -2.27. The van der Waals surface area contributed by atoms with Crippen LogP contribution in [0.25, 0.3) is 0 Å². The molecular weight excluding hydrogens is 136 g/mol. The Labute approximate surface area is 67.8 Å². The highest BCUT2D eigenvalue weighted by Crippen LogP contribution is 2.35. The van der Waals surface area contributed by atoms with Crippen molar-refractivity contribution in [1.29, 1.82) is 5.26 Å². The van der Waals surface area contributed by atoms with Crippen LogP contribution in [0.2, 0.25) is 0 Å². The minimum atomic E-state index is 0.619. The Morgan fingerprint density at radius 2 is 2.00 bits per heavy atom. The third-order valence-corrected chi connectivity index (χ3v) is 3.14. The Morgan fingerprint density at radius 3 is 2.82 bits per heavy atom. The lowest BCUT2D eigenvalue weighted by molar-refractivity contribution is 0.242. The Balaban J connectivity index is 2.05. The van der Waals surface area contributed by atoms with Gasteiger partial charge in [0.25, 0.3) is 0 Å². The van der Waals surface area contributed by atoms with Gasteiger partial charge in [-0.1, -0.05) is 12.8 Å². The van der Waals surface area contributed by atoms with E-state index in [1.807, 2.05) is 4.90 Å². The van der Waals surface area contributed by atoms with E-state index in [9.17, 15) is 0 Å². The van der Waals surface area contributed by atoms with Gasteiger partial charge in [-0.2, -0.15) is 5.26 Å². The molecule has 0 aromatic carbocycles. The number of fused-ring (bicyclic) bond motifs is 1. The summed E-state index contributed by atoms with van der Waals surface area (Å²) in [7, 11) is 0. The first-order chi connectivity index (χ1) is 5.42. The van der Waals surface area contributed by atoms with Gasteiger partial charge in [0.05, 0.1) is 0 Å². The van der Waals surface area contributed by atoms with Crippen LogP contribution >= 0.6 is 0 Å². The third kappa shape index (κ3) is 1.09. The molecule has 1 saturated carbocycles. The maximum Gasteiger partial charge on any atom is 0.179 e. The Bertz CT molecular complexity index is 182. The largest absolute Gasteiger partial charge is 0.307 e. The fourth-order valence-electron chi connectivity index (χ4n) is 2.53. The van der Waals surface area contributed by atoms with Crippen LogP contribution in [-0.4, -0.2) is 17.5 Å². The maximum absolute atomic E-state index is 8.78. The average molecular weight is 150 g/mol. The highest BCUT2D eigenvalue weighted by atomic mass is 15.2. The van der Waals surface area contributed by atoms with E-state index in [2.05, 4.69) is 6.19 Å². The van der Waals surface area contributed by atoms with E-state index in [0.29, 0.717) is 6.04 Å². The van der Waals surface area contributed by atoms with E-state index >= 15 is 0 Å². The molecule has 2 rings (SSSR count). The molecule has 1 heterocycles. The molecule has 1 saturated heterocycles. The van der Waals surface area contributed by atoms with Gasteiger partial charge in [-0.05, 0) is 25.2 Å². The molecule has 2 heteroatoms. The lowest BCUT2D eigenvalue weighted by Crippen LogP contribution is -2.31. The zero-order valence-corrected chi connectivity index (χ0v) is 6.79. The monoisotopic (exact) mass is 150 g/mol. The van der Waals surface area contributed by atoms with E-state index in [4.69, 9.17) is 5.26 Å². The molecule has 2 atom stereocenters. The minimum Gasteiger partial charge on any atom is -0.307 e. The van der Waals surface area contributed by atoms with E-state index < -0.39 is 0 Å². The van der Waals surface area contributed by atoms with Crippen LogP contribution in [0.5, 0.6) is 0 Å². The van der Waals surface area contributed by atoms with Crippen molar-refractivity contribution in [3.05, 3.63) is 0 Å². The van der Waals surface area contributed by atoms with E-state index in [1.54, 1.807) is 0 Å². The summed E-state index contributed by atoms with van der Waals surface area (Å²) in [6.45, 7) is 1.02. The molecule has 0 spiro atoms. The second-order valence-electron chi connectivity index (χ2n) is 3.69. The molecule has 2 fully saturated rings. The van der Waals surface area contributed by atoms with Crippen LogP contribution in [0.4, 0.5) is 0 Å². The summed E-state index contributed by atoms with van der Waals surface area (Å²) in [6, 6.07) is 0.619. The minimum absolute atomic E-state index is 0.619. The fraction of sp³-hybridized carbons (Fsp3) is 0.889. The van der Waals surface area contributed by atoms with Gasteiger partial charge in [0.1, 0.15) is 0 Å². The summed E-state index contributed by atoms with van der Waals surface area (Å²) < 4.78 is 0. The van der Waals surface area contributed by atoms with Crippen molar-refractivity contribution in [2.24, 2.45) is 5.92 Å². The van der Waals surface area contributed by atoms with E-state index in [1.165, 1.54) is 32.1 Å². The Hall–Kier alpha value is -0.710. The van der Waals surface area contributed by atoms with E-state index in [0.717, 1.165) is 12.5 Å². The molecule has 0 aromatic rings. The molecule has 0 N–H and O–H groups in total. The third-order valence-electron chi connectivity index (χ3n) is 3.14. The Morgan fingerprint density at radius 1 is 1.18 bits per heavy atom. The number of hydrogen-bond donors (Lipinski definition) is 0. The molecule has 1 aliphatic heterocycles. The lowest BCUT2D eigenvalue weighted by atomic mass is 9.85. The molecule has 1 aliphatic carbocycles. The summed E-state index contributed by atoms with van der Waals surface area (Å²) in [5, 5.41) is 8.78. The number of rotatable bonds is 0. The molecule has 2 aliphatic rings. The molecule has 0 amide bonds. The molecule has 2 nitrogen and oxygen atoms in total. The first-order valence-electron chi connectivity index (χ1n) is 4.58. The van der Waals surface area contributed by atoms with Gasteiger partial charge in [0.2, 0.25) is 0 Å². The van der Waals surface area contributed by atoms with Crippen molar-refractivity contribution in [2.75, 3.05) is 6.54 Å². The normalized spacial score (nSPS) is 36.5. The summed E-state index contributed by atoms with van der Waals surface area (Å²) in [5.41, 5.74) is 0. The second-order valence-corrected chi connectivity index (χ2v) is 3.69. The molecule has 60 valence electrons. The Kier molecular flexibility index (Phi) is 1.73. The van der Waals surface area contributed by atoms with Crippen LogP contribution in [0.1, 0.15) is 32.1 Å². The van der Waals surface area contributed by atoms with Crippen molar-refractivity contribution >= 4 is 0 Å². The molecule has 0 radical (unpaired) electrons.